The highest BCUT2D eigenvalue weighted by Crippen LogP contribution is 2.14. The van der Waals surface area contributed by atoms with Gasteiger partial charge in [-0.15, -0.1) is 0 Å². The second-order valence-electron chi connectivity index (χ2n) is 7.16. The monoisotopic (exact) mass is 443 g/mol. The molecule has 0 bridgehead atoms. The summed E-state index contributed by atoms with van der Waals surface area (Å²) in [5.41, 5.74) is 2.00. The zero-order valence-corrected chi connectivity index (χ0v) is 18.0. The molecule has 4 N–H and O–H groups in total. The van der Waals surface area contributed by atoms with Crippen LogP contribution in [0, 0.1) is 0 Å². The lowest BCUT2D eigenvalue weighted by molar-refractivity contribution is -0.113. The van der Waals surface area contributed by atoms with Gasteiger partial charge < -0.3 is 21.1 Å². The molecular weight excluding hydrogens is 418 g/mol. The van der Waals surface area contributed by atoms with Crippen LogP contribution in [0.4, 0.5) is 5.69 Å². The van der Waals surface area contributed by atoms with Gasteiger partial charge in [0, 0.05) is 30.0 Å². The van der Waals surface area contributed by atoms with Gasteiger partial charge in [-0.3, -0.25) is 14.4 Å². The number of carbonyl (C=O) groups is 3. The Bertz CT molecular complexity index is 1130. The first-order chi connectivity index (χ1) is 16.1. The largest absolute Gasteiger partial charge is 0.396 e. The first-order valence-corrected chi connectivity index (χ1v) is 10.5. The van der Waals surface area contributed by atoms with Crippen molar-refractivity contribution in [1.82, 2.24) is 10.6 Å². The molecule has 0 unspecified atom stereocenters. The third kappa shape index (κ3) is 7.15. The molecule has 3 aromatic carbocycles. The van der Waals surface area contributed by atoms with E-state index in [1.165, 1.54) is 0 Å². The second-order valence-corrected chi connectivity index (χ2v) is 7.16. The Kier molecular flexibility index (Phi) is 8.50. The standard InChI is InChI=1S/C26H25N3O4/c30-16-8-15-27-24(31)21-13-7-14-22(18-21)28-26(33)23(17-19-9-3-1-4-10-19)29-25(32)20-11-5-2-6-12-20/h1-7,9-14,17-18,30H,8,15-16H2,(H,27,31)(H,28,33)(H,29,32)/b23-17-. The molecule has 0 heterocycles. The van der Waals surface area contributed by atoms with E-state index < -0.39 is 11.8 Å². The lowest BCUT2D eigenvalue weighted by Gasteiger charge is -2.12. The molecule has 0 spiro atoms. The number of anilines is 1. The normalized spacial score (nSPS) is 10.9. The summed E-state index contributed by atoms with van der Waals surface area (Å²) in [5, 5.41) is 17.0. The maximum Gasteiger partial charge on any atom is 0.272 e. The van der Waals surface area contributed by atoms with E-state index in [0.29, 0.717) is 29.8 Å². The Morgan fingerprint density at radius 3 is 2.15 bits per heavy atom. The Morgan fingerprint density at radius 1 is 0.788 bits per heavy atom. The topological polar surface area (TPSA) is 108 Å². The van der Waals surface area contributed by atoms with Gasteiger partial charge in [-0.2, -0.15) is 0 Å². The fraction of sp³-hybridized carbons (Fsp3) is 0.115. The van der Waals surface area contributed by atoms with Crippen LogP contribution >= 0.6 is 0 Å². The van der Waals surface area contributed by atoms with E-state index in [0.717, 1.165) is 5.56 Å². The van der Waals surface area contributed by atoms with Crippen molar-refractivity contribution >= 4 is 29.5 Å². The summed E-state index contributed by atoms with van der Waals surface area (Å²) in [4.78, 5) is 38.0. The minimum Gasteiger partial charge on any atom is -0.396 e. The Hall–Kier alpha value is -4.23. The molecule has 0 radical (unpaired) electrons. The molecule has 0 saturated heterocycles. The fourth-order valence-electron chi connectivity index (χ4n) is 2.98. The smallest absolute Gasteiger partial charge is 0.272 e. The first kappa shape index (κ1) is 23.4. The highest BCUT2D eigenvalue weighted by Gasteiger charge is 2.16. The number of amides is 3. The van der Waals surface area contributed by atoms with Gasteiger partial charge in [0.15, 0.2) is 0 Å². The molecule has 0 aliphatic carbocycles. The number of rotatable bonds is 9. The van der Waals surface area contributed by atoms with E-state index >= 15 is 0 Å². The molecule has 0 aromatic heterocycles. The van der Waals surface area contributed by atoms with Gasteiger partial charge in [0.05, 0.1) is 0 Å². The molecule has 168 valence electrons. The molecule has 0 atom stereocenters. The van der Waals surface area contributed by atoms with Crippen molar-refractivity contribution in [3.8, 4) is 0 Å². The van der Waals surface area contributed by atoms with Gasteiger partial charge in [0.2, 0.25) is 0 Å². The van der Waals surface area contributed by atoms with Crippen LogP contribution in [0.3, 0.4) is 0 Å². The molecule has 0 aliphatic rings. The molecule has 3 amide bonds. The van der Waals surface area contributed by atoms with Crippen LogP contribution in [0.1, 0.15) is 32.7 Å². The highest BCUT2D eigenvalue weighted by molar-refractivity contribution is 6.11. The van der Waals surface area contributed by atoms with Gasteiger partial charge in [-0.1, -0.05) is 54.6 Å². The number of benzene rings is 3. The number of hydrogen-bond acceptors (Lipinski definition) is 4. The highest BCUT2D eigenvalue weighted by atomic mass is 16.3. The van der Waals surface area contributed by atoms with Crippen LogP contribution in [0.15, 0.2) is 90.6 Å². The average molecular weight is 444 g/mol. The summed E-state index contributed by atoms with van der Waals surface area (Å²) in [6.45, 7) is 0.336. The number of nitrogens with one attached hydrogen (secondary N) is 3. The zero-order chi connectivity index (χ0) is 23.5. The van der Waals surface area contributed by atoms with E-state index in [9.17, 15) is 14.4 Å². The Labute approximate surface area is 192 Å². The van der Waals surface area contributed by atoms with Crippen LogP contribution in [0.5, 0.6) is 0 Å². The summed E-state index contributed by atoms with van der Waals surface area (Å²) in [7, 11) is 0. The van der Waals surface area contributed by atoms with Crippen molar-refractivity contribution in [2.45, 2.75) is 6.42 Å². The van der Waals surface area contributed by atoms with Crippen molar-refractivity contribution < 1.29 is 19.5 Å². The Balaban J connectivity index is 1.79. The predicted octanol–water partition coefficient (Wildman–Crippen LogP) is 3.21. The summed E-state index contributed by atoms with van der Waals surface area (Å²) < 4.78 is 0. The van der Waals surface area contributed by atoms with Gasteiger partial charge >= 0.3 is 0 Å². The van der Waals surface area contributed by atoms with E-state index in [1.54, 1.807) is 60.7 Å². The van der Waals surface area contributed by atoms with Crippen LogP contribution in [0.2, 0.25) is 0 Å². The summed E-state index contributed by atoms with van der Waals surface area (Å²) in [6.07, 6.45) is 2.04. The molecule has 7 heteroatoms. The van der Waals surface area contributed by atoms with Crippen LogP contribution in [-0.4, -0.2) is 36.0 Å². The van der Waals surface area contributed by atoms with E-state index in [2.05, 4.69) is 16.0 Å². The molecule has 3 aromatic rings. The number of aliphatic hydroxyl groups is 1. The van der Waals surface area contributed by atoms with E-state index in [-0.39, 0.29) is 18.2 Å². The molecular formula is C26H25N3O4. The molecule has 0 aliphatic heterocycles. The van der Waals surface area contributed by atoms with Gasteiger partial charge in [0.1, 0.15) is 5.70 Å². The third-order valence-corrected chi connectivity index (χ3v) is 4.64. The summed E-state index contributed by atoms with van der Waals surface area (Å²) >= 11 is 0. The predicted molar refractivity (Wildman–Crippen MR) is 127 cm³/mol. The minimum absolute atomic E-state index is 0.0123. The first-order valence-electron chi connectivity index (χ1n) is 10.5. The SMILES string of the molecule is O=C(Nc1cccc(C(=O)NCCCO)c1)/C(=C/c1ccccc1)NC(=O)c1ccccc1. The number of hydrogen-bond donors (Lipinski definition) is 4. The van der Waals surface area contributed by atoms with E-state index in [1.807, 2.05) is 30.3 Å². The van der Waals surface area contributed by atoms with Gasteiger partial charge in [0.25, 0.3) is 17.7 Å². The van der Waals surface area contributed by atoms with Crippen LogP contribution < -0.4 is 16.0 Å². The minimum atomic E-state index is -0.527. The van der Waals surface area contributed by atoms with E-state index in [4.69, 9.17) is 5.11 Å². The summed E-state index contributed by atoms with van der Waals surface area (Å²) in [6, 6.07) is 24.2. The zero-order valence-electron chi connectivity index (χ0n) is 18.0. The maximum absolute atomic E-state index is 13.1. The molecule has 7 nitrogen and oxygen atoms in total. The number of carbonyl (C=O) groups excluding carboxylic acids is 3. The lowest BCUT2D eigenvalue weighted by atomic mass is 10.1. The lowest BCUT2D eigenvalue weighted by Crippen LogP contribution is -2.31. The van der Waals surface area contributed by atoms with Crippen molar-refractivity contribution in [3.05, 3.63) is 107 Å². The molecule has 0 fully saturated rings. The average Bonchev–Trinajstić information content (AvgIpc) is 2.85. The van der Waals surface area contributed by atoms with Crippen molar-refractivity contribution in [2.24, 2.45) is 0 Å². The molecule has 0 saturated carbocycles. The molecule has 33 heavy (non-hydrogen) atoms. The third-order valence-electron chi connectivity index (χ3n) is 4.64. The van der Waals surface area contributed by atoms with Gasteiger partial charge in [-0.05, 0) is 48.4 Å². The Morgan fingerprint density at radius 2 is 1.45 bits per heavy atom. The summed E-state index contributed by atoms with van der Waals surface area (Å²) in [5.74, 6) is -1.25. The maximum atomic E-state index is 13.1. The van der Waals surface area contributed by atoms with Crippen molar-refractivity contribution in [3.63, 3.8) is 0 Å². The van der Waals surface area contributed by atoms with Crippen molar-refractivity contribution in [1.29, 1.82) is 0 Å². The van der Waals surface area contributed by atoms with Crippen LogP contribution in [-0.2, 0) is 4.79 Å². The second kappa shape index (κ2) is 12.0. The van der Waals surface area contributed by atoms with Crippen LogP contribution in [0.25, 0.3) is 6.08 Å². The quantitative estimate of drug-likeness (QED) is 0.301. The number of aliphatic hydroxyl groups excluding tert-OH is 1. The fourth-order valence-corrected chi connectivity index (χ4v) is 2.98. The van der Waals surface area contributed by atoms with Gasteiger partial charge in [-0.25, -0.2) is 0 Å². The molecule has 3 rings (SSSR count). The van der Waals surface area contributed by atoms with Crippen molar-refractivity contribution in [2.75, 3.05) is 18.5 Å².